The topological polar surface area (TPSA) is 161 Å². The van der Waals surface area contributed by atoms with Crippen LogP contribution in [-0.4, -0.2) is 61.0 Å². The minimum Gasteiger partial charge on any atom is -0.511 e. The maximum absolute atomic E-state index is 15.8. The van der Waals surface area contributed by atoms with Gasteiger partial charge in [0.25, 0.3) is 5.91 Å². The zero-order valence-corrected chi connectivity index (χ0v) is 20.8. The van der Waals surface area contributed by atoms with Gasteiger partial charge >= 0.3 is 0 Å². The molecule has 0 aromatic heterocycles. The minimum atomic E-state index is -2.63. The second kappa shape index (κ2) is 8.66. The van der Waals surface area contributed by atoms with Crippen LogP contribution in [0.3, 0.4) is 0 Å². The van der Waals surface area contributed by atoms with Crippen LogP contribution in [0, 0.1) is 23.6 Å². The number of aromatic hydroxyl groups is 1. The molecule has 1 amide bonds. The number of fused-ring (bicyclic) bond motifs is 3. The molecule has 198 valence electrons. The average molecular weight is 515 g/mol. The van der Waals surface area contributed by atoms with Gasteiger partial charge in [-0.25, -0.2) is 4.39 Å². The van der Waals surface area contributed by atoms with Crippen LogP contribution in [0.5, 0.6) is 5.75 Å². The second-order valence-corrected chi connectivity index (χ2v) is 11.2. The van der Waals surface area contributed by atoms with E-state index in [1.807, 2.05) is 0 Å². The molecule has 0 bridgehead atoms. The Hall–Kier alpha value is -3.24. The first kappa shape index (κ1) is 25.4. The Morgan fingerprint density at radius 3 is 2.49 bits per heavy atom. The SMILES string of the molecule is CC(C)CN(Cc1cc(O)c2c(c1F)CC1C[C@H]3CC(O)=C(C(N)=O)C(=O)[C@@]3(O)C(O)=C1C2=O)C1CC1. The Labute approximate surface area is 213 Å². The van der Waals surface area contributed by atoms with Crippen molar-refractivity contribution in [2.75, 3.05) is 6.54 Å². The molecule has 10 heteroatoms. The zero-order chi connectivity index (χ0) is 27.0. The lowest BCUT2D eigenvalue weighted by Crippen LogP contribution is -2.57. The molecule has 0 aliphatic heterocycles. The van der Waals surface area contributed by atoms with E-state index in [9.17, 15) is 34.8 Å². The fraction of sp³-hybridized carbons (Fsp3) is 0.519. The number of allylic oxidation sites excluding steroid dienone is 2. The molecule has 0 spiro atoms. The number of Topliss-reactive ketones (excluding diaryl/α,β-unsaturated/α-hetero) is 2. The van der Waals surface area contributed by atoms with E-state index in [-0.39, 0.29) is 48.1 Å². The van der Waals surface area contributed by atoms with Crippen LogP contribution in [0.4, 0.5) is 4.39 Å². The Balaban J connectivity index is 1.56. The van der Waals surface area contributed by atoms with Crippen molar-refractivity contribution >= 4 is 17.5 Å². The summed E-state index contributed by atoms with van der Waals surface area (Å²) in [7, 11) is 0. The van der Waals surface area contributed by atoms with Gasteiger partial charge in [-0.3, -0.25) is 19.3 Å². The van der Waals surface area contributed by atoms with Crippen LogP contribution in [0.2, 0.25) is 0 Å². The molecule has 1 fully saturated rings. The van der Waals surface area contributed by atoms with Gasteiger partial charge in [0.15, 0.2) is 11.4 Å². The number of hydrogen-bond acceptors (Lipinski definition) is 8. The number of carbonyl (C=O) groups excluding carboxylic acids is 3. The summed E-state index contributed by atoms with van der Waals surface area (Å²) < 4.78 is 15.8. The summed E-state index contributed by atoms with van der Waals surface area (Å²) in [5.74, 6) is -7.44. The van der Waals surface area contributed by atoms with Crippen molar-refractivity contribution in [3.05, 3.63) is 51.2 Å². The van der Waals surface area contributed by atoms with E-state index >= 15 is 4.39 Å². The summed E-state index contributed by atoms with van der Waals surface area (Å²) in [4.78, 5) is 40.4. The van der Waals surface area contributed by atoms with Gasteiger partial charge in [0, 0.05) is 48.2 Å². The molecule has 37 heavy (non-hydrogen) atoms. The van der Waals surface area contributed by atoms with E-state index in [2.05, 4.69) is 18.7 Å². The van der Waals surface area contributed by atoms with Crippen LogP contribution >= 0.6 is 0 Å². The number of phenolic OH excluding ortho intramolecular Hbond substituents is 1. The third-order valence-electron chi connectivity index (χ3n) is 8.11. The summed E-state index contributed by atoms with van der Waals surface area (Å²) in [6.07, 6.45) is 1.65. The number of halogens is 1. The number of primary amides is 1. The molecule has 5 rings (SSSR count). The highest BCUT2D eigenvalue weighted by molar-refractivity contribution is 6.24. The largest absolute Gasteiger partial charge is 0.511 e. The highest BCUT2D eigenvalue weighted by atomic mass is 19.1. The molecule has 1 saturated carbocycles. The Morgan fingerprint density at radius 1 is 1.22 bits per heavy atom. The van der Waals surface area contributed by atoms with Crippen LogP contribution in [0.15, 0.2) is 28.7 Å². The molecule has 1 aromatic carbocycles. The number of carbonyl (C=O) groups is 3. The standard InChI is InChI=1S/C27H31FN2O7/c1-11(2)9-30(15-3-4-15)10-13-7-17(31)20-16(22(13)28)6-12-5-14-8-18(32)21(26(29)36)25(35)27(14,37)24(34)19(12)23(20)33/h7,11-12,14-15,31-32,34,37H,3-6,8-10H2,1-2H3,(H2,29,36)/t12?,14-,27-/m0/s1. The van der Waals surface area contributed by atoms with E-state index in [1.165, 1.54) is 6.07 Å². The van der Waals surface area contributed by atoms with E-state index in [0.717, 1.165) is 19.4 Å². The average Bonchev–Trinajstić information content (AvgIpc) is 3.64. The van der Waals surface area contributed by atoms with E-state index in [1.54, 1.807) is 0 Å². The summed E-state index contributed by atoms with van der Waals surface area (Å²) >= 11 is 0. The number of phenols is 1. The smallest absolute Gasteiger partial charge is 0.255 e. The first-order valence-electron chi connectivity index (χ1n) is 12.6. The number of aliphatic hydroxyl groups is 3. The van der Waals surface area contributed by atoms with Gasteiger partial charge in [0.05, 0.1) is 5.56 Å². The van der Waals surface area contributed by atoms with Crippen LogP contribution < -0.4 is 5.73 Å². The first-order valence-corrected chi connectivity index (χ1v) is 12.6. The summed E-state index contributed by atoms with van der Waals surface area (Å²) in [5, 5.41) is 43.4. The van der Waals surface area contributed by atoms with Crippen molar-refractivity contribution in [3.8, 4) is 5.75 Å². The van der Waals surface area contributed by atoms with Gasteiger partial charge in [0.2, 0.25) is 5.78 Å². The molecule has 3 atom stereocenters. The number of amides is 1. The van der Waals surface area contributed by atoms with Crippen molar-refractivity contribution < 1.29 is 39.2 Å². The van der Waals surface area contributed by atoms with Crippen molar-refractivity contribution in [1.82, 2.24) is 4.90 Å². The van der Waals surface area contributed by atoms with Gasteiger partial charge in [-0.2, -0.15) is 0 Å². The number of benzene rings is 1. The normalized spacial score (nSPS) is 27.5. The lowest BCUT2D eigenvalue weighted by molar-refractivity contribution is -0.144. The molecule has 4 aliphatic rings. The number of aliphatic hydroxyl groups excluding tert-OH is 2. The van der Waals surface area contributed by atoms with Crippen LogP contribution in [0.25, 0.3) is 0 Å². The molecule has 4 aliphatic carbocycles. The van der Waals surface area contributed by atoms with Crippen molar-refractivity contribution in [2.45, 2.75) is 64.1 Å². The molecule has 0 radical (unpaired) electrons. The lowest BCUT2D eigenvalue weighted by atomic mass is 9.60. The number of nitrogens with zero attached hydrogens (tertiary/aromatic N) is 1. The number of rotatable bonds is 6. The van der Waals surface area contributed by atoms with Crippen LogP contribution in [0.1, 0.15) is 61.0 Å². The number of ketones is 2. The van der Waals surface area contributed by atoms with E-state index in [4.69, 9.17) is 5.73 Å². The molecule has 9 nitrogen and oxygen atoms in total. The Bertz CT molecular complexity index is 1300. The molecule has 0 saturated heterocycles. The fourth-order valence-electron chi connectivity index (χ4n) is 6.31. The van der Waals surface area contributed by atoms with Crippen molar-refractivity contribution in [2.24, 2.45) is 23.5 Å². The molecular formula is C27H31FN2O7. The van der Waals surface area contributed by atoms with Gasteiger partial charge < -0.3 is 26.2 Å². The van der Waals surface area contributed by atoms with E-state index < -0.39 is 63.6 Å². The fourth-order valence-corrected chi connectivity index (χ4v) is 6.31. The quantitative estimate of drug-likeness (QED) is 0.362. The molecule has 0 heterocycles. The third-order valence-corrected chi connectivity index (χ3v) is 8.11. The molecule has 6 N–H and O–H groups in total. The minimum absolute atomic E-state index is 0.0328. The maximum atomic E-state index is 15.8. The zero-order valence-electron chi connectivity index (χ0n) is 20.8. The van der Waals surface area contributed by atoms with E-state index in [0.29, 0.717) is 12.0 Å². The highest BCUT2D eigenvalue weighted by Crippen LogP contribution is 2.51. The van der Waals surface area contributed by atoms with Gasteiger partial charge in [-0.1, -0.05) is 13.8 Å². The molecule has 1 aromatic rings. The summed E-state index contributed by atoms with van der Waals surface area (Å²) in [6.45, 7) is 5.21. The Morgan fingerprint density at radius 2 is 1.89 bits per heavy atom. The van der Waals surface area contributed by atoms with Crippen LogP contribution in [-0.2, 0) is 22.6 Å². The summed E-state index contributed by atoms with van der Waals surface area (Å²) in [5.41, 5.74) is 1.45. The Kier molecular flexibility index (Phi) is 5.95. The lowest BCUT2D eigenvalue weighted by Gasteiger charge is -2.45. The summed E-state index contributed by atoms with van der Waals surface area (Å²) in [6, 6.07) is 1.59. The van der Waals surface area contributed by atoms with Crippen molar-refractivity contribution in [3.63, 3.8) is 0 Å². The molecular weight excluding hydrogens is 483 g/mol. The van der Waals surface area contributed by atoms with Gasteiger partial charge in [0.1, 0.15) is 28.7 Å². The highest BCUT2D eigenvalue weighted by Gasteiger charge is 2.59. The van der Waals surface area contributed by atoms with Gasteiger partial charge in [-0.05, 0) is 43.6 Å². The predicted octanol–water partition coefficient (Wildman–Crippen LogP) is 2.34. The second-order valence-electron chi connectivity index (χ2n) is 11.2. The van der Waals surface area contributed by atoms with Gasteiger partial charge in [-0.15, -0.1) is 0 Å². The number of nitrogens with two attached hydrogens (primary N) is 1. The monoisotopic (exact) mass is 514 g/mol. The first-order chi connectivity index (χ1) is 17.4. The predicted molar refractivity (Wildman–Crippen MR) is 129 cm³/mol. The maximum Gasteiger partial charge on any atom is 0.255 e. The van der Waals surface area contributed by atoms with Crippen molar-refractivity contribution in [1.29, 1.82) is 0 Å². The molecule has 1 unspecified atom stereocenters. The number of hydrogen-bond donors (Lipinski definition) is 5. The third kappa shape index (κ3) is 3.85.